The number of allylic oxidation sites excluding steroid dienone is 2. The summed E-state index contributed by atoms with van der Waals surface area (Å²) < 4.78 is 0. The number of aliphatic hydroxyl groups is 1. The molecule has 0 aliphatic heterocycles. The second-order valence-electron chi connectivity index (χ2n) is 7.33. The number of carbonyl (C=O) groups is 1. The van der Waals surface area contributed by atoms with Crippen LogP contribution < -0.4 is 0 Å². The van der Waals surface area contributed by atoms with Gasteiger partial charge in [-0.1, -0.05) is 44.5 Å². The number of aromatic nitrogens is 1. The molecule has 0 fully saturated rings. The molecular formula is C25H28IrNO2-. The first-order valence-electron chi connectivity index (χ1n) is 9.34. The second-order valence-corrected chi connectivity index (χ2v) is 7.33. The van der Waals surface area contributed by atoms with Crippen LogP contribution in [0.5, 0.6) is 0 Å². The number of hydrogen-bond acceptors (Lipinski definition) is 3. The molecule has 1 radical (unpaired) electrons. The van der Waals surface area contributed by atoms with Crippen LogP contribution in [0.1, 0.15) is 41.7 Å². The molecule has 0 saturated carbocycles. The third-order valence-corrected chi connectivity index (χ3v) is 4.85. The quantitative estimate of drug-likeness (QED) is 0.226. The molecule has 2 aromatic carbocycles. The largest absolute Gasteiger partial charge is 0.512 e. The van der Waals surface area contributed by atoms with Crippen LogP contribution in [0, 0.1) is 40.7 Å². The van der Waals surface area contributed by atoms with Gasteiger partial charge in [-0.15, -0.1) is 34.4 Å². The zero-order valence-electron chi connectivity index (χ0n) is 18.1. The minimum Gasteiger partial charge on any atom is -0.512 e. The van der Waals surface area contributed by atoms with Crippen LogP contribution in [0.4, 0.5) is 0 Å². The normalized spacial score (nSPS) is 10.8. The number of benzene rings is 2. The van der Waals surface area contributed by atoms with E-state index in [1.165, 1.54) is 58.5 Å². The summed E-state index contributed by atoms with van der Waals surface area (Å²) in [4.78, 5) is 14.7. The number of hydrogen-bond donors (Lipinski definition) is 1. The fourth-order valence-electron chi connectivity index (χ4n) is 3.12. The van der Waals surface area contributed by atoms with Gasteiger partial charge in [0.05, 0.1) is 5.76 Å². The van der Waals surface area contributed by atoms with Gasteiger partial charge in [-0.25, -0.2) is 0 Å². The molecule has 0 unspecified atom stereocenters. The zero-order chi connectivity index (χ0) is 21.0. The molecule has 0 bridgehead atoms. The van der Waals surface area contributed by atoms with Gasteiger partial charge in [0.15, 0.2) is 5.78 Å². The van der Waals surface area contributed by atoms with E-state index < -0.39 is 0 Å². The van der Waals surface area contributed by atoms with Crippen molar-refractivity contribution < 1.29 is 30.0 Å². The van der Waals surface area contributed by atoms with E-state index in [0.717, 1.165) is 11.3 Å². The fraction of sp³-hybridized carbons (Fsp3) is 0.280. The molecule has 1 N–H and O–H groups in total. The smallest absolute Gasteiger partial charge is 0.155 e. The number of carbonyl (C=O) groups excluding carboxylic acids is 1. The van der Waals surface area contributed by atoms with E-state index >= 15 is 0 Å². The number of nitrogens with zero attached hydrogens (tertiary/aromatic N) is 1. The van der Waals surface area contributed by atoms with Crippen molar-refractivity contribution in [2.45, 2.75) is 48.5 Å². The number of ketones is 1. The first-order valence-corrected chi connectivity index (χ1v) is 9.34. The average molecular weight is 567 g/mol. The second kappa shape index (κ2) is 10.5. The van der Waals surface area contributed by atoms with Crippen LogP contribution in [-0.4, -0.2) is 15.9 Å². The van der Waals surface area contributed by atoms with E-state index in [0.29, 0.717) is 0 Å². The van der Waals surface area contributed by atoms with Gasteiger partial charge < -0.3 is 10.1 Å². The Morgan fingerprint density at radius 1 is 1.00 bits per heavy atom. The van der Waals surface area contributed by atoms with Gasteiger partial charge in [-0.3, -0.25) is 4.79 Å². The molecule has 0 aliphatic rings. The molecule has 0 atom stereocenters. The first-order chi connectivity index (χ1) is 13.1. The Hall–Kier alpha value is -2.29. The van der Waals surface area contributed by atoms with Crippen LogP contribution in [0.15, 0.2) is 42.3 Å². The Morgan fingerprint density at radius 3 is 2.21 bits per heavy atom. The Morgan fingerprint density at radius 2 is 1.66 bits per heavy atom. The monoisotopic (exact) mass is 567 g/mol. The van der Waals surface area contributed by atoms with Crippen molar-refractivity contribution >= 4 is 16.6 Å². The SMILES string of the molecule is CC(=O)/C=C(/C)O.Cc1ccc2c(C)cnc(-c3[c-]cc(C)c(C)c3C)c2c1.[Ir]. The predicted molar refractivity (Wildman–Crippen MR) is 117 cm³/mol. The number of aryl methyl sites for hydroxylation is 3. The van der Waals surface area contributed by atoms with Crippen molar-refractivity contribution in [3.63, 3.8) is 0 Å². The van der Waals surface area contributed by atoms with Gasteiger partial charge in [0.25, 0.3) is 0 Å². The van der Waals surface area contributed by atoms with Gasteiger partial charge in [0, 0.05) is 32.4 Å². The van der Waals surface area contributed by atoms with Crippen molar-refractivity contribution in [1.29, 1.82) is 0 Å². The van der Waals surface area contributed by atoms with Crippen LogP contribution in [0.25, 0.3) is 22.0 Å². The summed E-state index contributed by atoms with van der Waals surface area (Å²) in [5, 5.41) is 10.9. The molecule has 0 saturated heterocycles. The number of pyridine rings is 1. The Balaban J connectivity index is 0.000000456. The average Bonchev–Trinajstić information content (AvgIpc) is 2.60. The third kappa shape index (κ3) is 6.09. The van der Waals surface area contributed by atoms with Crippen molar-refractivity contribution in [2.75, 3.05) is 0 Å². The predicted octanol–water partition coefficient (Wildman–Crippen LogP) is 6.28. The molecule has 155 valence electrons. The maximum absolute atomic E-state index is 10.0. The Labute approximate surface area is 187 Å². The van der Waals surface area contributed by atoms with Gasteiger partial charge in [-0.05, 0) is 49.7 Å². The first kappa shape index (κ1) is 24.7. The zero-order valence-corrected chi connectivity index (χ0v) is 20.5. The molecule has 3 rings (SSSR count). The summed E-state index contributed by atoms with van der Waals surface area (Å²) in [5.74, 6) is -0.0625. The van der Waals surface area contributed by atoms with E-state index in [4.69, 9.17) is 10.1 Å². The van der Waals surface area contributed by atoms with E-state index in [9.17, 15) is 4.79 Å². The van der Waals surface area contributed by atoms with Crippen LogP contribution in [-0.2, 0) is 24.9 Å². The van der Waals surface area contributed by atoms with E-state index in [1.54, 1.807) is 0 Å². The number of fused-ring (bicyclic) bond motifs is 1. The van der Waals surface area contributed by atoms with Crippen molar-refractivity contribution in [3.05, 3.63) is 76.2 Å². The van der Waals surface area contributed by atoms with Gasteiger partial charge in [0.2, 0.25) is 0 Å². The van der Waals surface area contributed by atoms with Gasteiger partial charge in [0.1, 0.15) is 0 Å². The maximum atomic E-state index is 10.0. The summed E-state index contributed by atoms with van der Waals surface area (Å²) in [6.07, 6.45) is 3.13. The molecule has 0 spiro atoms. The van der Waals surface area contributed by atoms with Gasteiger partial charge in [-0.2, -0.15) is 0 Å². The minimum absolute atomic E-state index is 0. The van der Waals surface area contributed by atoms with Crippen LogP contribution in [0.2, 0.25) is 0 Å². The Kier molecular flexibility index (Phi) is 8.94. The molecular weight excluding hydrogens is 538 g/mol. The summed E-state index contributed by atoms with van der Waals surface area (Å²) in [6.45, 7) is 13.6. The molecule has 4 heteroatoms. The molecule has 0 amide bonds. The number of rotatable bonds is 2. The van der Waals surface area contributed by atoms with E-state index in [-0.39, 0.29) is 31.6 Å². The maximum Gasteiger partial charge on any atom is 0.155 e. The molecule has 3 aromatic rings. The van der Waals surface area contributed by atoms with Crippen LogP contribution in [0.3, 0.4) is 0 Å². The van der Waals surface area contributed by atoms with Crippen molar-refractivity contribution in [2.24, 2.45) is 0 Å². The number of aliphatic hydroxyl groups excluding tert-OH is 1. The summed E-state index contributed by atoms with van der Waals surface area (Å²) in [6, 6.07) is 12.1. The summed E-state index contributed by atoms with van der Waals surface area (Å²) >= 11 is 0. The van der Waals surface area contributed by atoms with Crippen molar-refractivity contribution in [3.8, 4) is 11.3 Å². The molecule has 3 nitrogen and oxygen atoms in total. The Bertz CT molecular complexity index is 1060. The van der Waals surface area contributed by atoms with Crippen LogP contribution >= 0.6 is 0 Å². The molecule has 0 aliphatic carbocycles. The van der Waals surface area contributed by atoms with E-state index in [1.807, 2.05) is 6.20 Å². The molecule has 1 aromatic heterocycles. The third-order valence-electron chi connectivity index (χ3n) is 4.85. The standard InChI is InChI=1S/C20H20N.C5H8O2.Ir/c1-12-6-8-17-14(3)11-21-20(19(17)10-12)18-9-7-13(2)15(4)16(18)5;1-4(6)3-5(2)7;/h6-8,10-11H,1-5H3;3,6H,1-2H3;/q-1;;/b;4-3-;. The van der Waals surface area contributed by atoms with E-state index in [2.05, 4.69) is 65.0 Å². The summed E-state index contributed by atoms with van der Waals surface area (Å²) in [5.41, 5.74) is 8.52. The topological polar surface area (TPSA) is 50.2 Å². The van der Waals surface area contributed by atoms with Crippen molar-refractivity contribution in [1.82, 2.24) is 4.98 Å². The fourth-order valence-corrected chi connectivity index (χ4v) is 3.12. The minimum atomic E-state index is -0.125. The summed E-state index contributed by atoms with van der Waals surface area (Å²) in [7, 11) is 0. The van der Waals surface area contributed by atoms with Gasteiger partial charge >= 0.3 is 0 Å². The molecule has 29 heavy (non-hydrogen) atoms. The molecule has 1 heterocycles.